The van der Waals surface area contributed by atoms with Crippen molar-refractivity contribution >= 4 is 28.4 Å². The van der Waals surface area contributed by atoms with E-state index in [1.165, 1.54) is 0 Å². The van der Waals surface area contributed by atoms with Crippen molar-refractivity contribution in [3.05, 3.63) is 78.5 Å². The van der Waals surface area contributed by atoms with Gasteiger partial charge in [0.05, 0.1) is 11.1 Å². The summed E-state index contributed by atoms with van der Waals surface area (Å²) in [7, 11) is 0. The molecule has 2 heterocycles. The third-order valence-corrected chi connectivity index (χ3v) is 6.33. The van der Waals surface area contributed by atoms with Gasteiger partial charge in [-0.05, 0) is 61.2 Å². The van der Waals surface area contributed by atoms with E-state index in [1.807, 2.05) is 66.9 Å². The molecule has 1 fully saturated rings. The van der Waals surface area contributed by atoms with Crippen molar-refractivity contribution in [2.45, 2.75) is 19.4 Å². The Kier molecular flexibility index (Phi) is 6.33. The smallest absolute Gasteiger partial charge is 0.296 e. The Labute approximate surface area is 209 Å². The molecule has 2 amide bonds. The summed E-state index contributed by atoms with van der Waals surface area (Å²) < 4.78 is 5.93. The summed E-state index contributed by atoms with van der Waals surface area (Å²) in [5.41, 5.74) is 9.73. The maximum Gasteiger partial charge on any atom is 0.296 e. The van der Waals surface area contributed by atoms with Crippen molar-refractivity contribution in [1.82, 2.24) is 10.3 Å². The van der Waals surface area contributed by atoms with Gasteiger partial charge in [-0.1, -0.05) is 36.3 Å². The van der Waals surface area contributed by atoms with E-state index in [0.29, 0.717) is 17.6 Å². The minimum Gasteiger partial charge on any atom is -0.457 e. The summed E-state index contributed by atoms with van der Waals surface area (Å²) in [6, 6.07) is 21.2. The molecule has 0 bridgehead atoms. The van der Waals surface area contributed by atoms with E-state index in [1.54, 1.807) is 13.0 Å². The minimum absolute atomic E-state index is 0.000951. The van der Waals surface area contributed by atoms with Crippen LogP contribution >= 0.6 is 0 Å². The molecule has 0 saturated carbocycles. The van der Waals surface area contributed by atoms with Gasteiger partial charge in [0.25, 0.3) is 11.8 Å². The summed E-state index contributed by atoms with van der Waals surface area (Å²) >= 11 is 0. The van der Waals surface area contributed by atoms with Crippen LogP contribution in [0.4, 0.5) is 5.69 Å². The Bertz CT molecular complexity index is 1480. The van der Waals surface area contributed by atoms with E-state index in [-0.39, 0.29) is 11.9 Å². The number of nitrogens with two attached hydrogens (primary N) is 1. The second-order valence-electron chi connectivity index (χ2n) is 8.67. The maximum atomic E-state index is 12.2. The number of nitrogens with zero attached hydrogens (tertiary/aromatic N) is 1. The number of fused-ring (bicyclic) bond motifs is 1. The molecule has 1 aromatic heterocycles. The zero-order valence-electron chi connectivity index (χ0n) is 19.9. The van der Waals surface area contributed by atoms with Crippen LogP contribution in [0, 0.1) is 11.8 Å². The number of hydrogen-bond acceptors (Lipinski definition) is 4. The quantitative estimate of drug-likeness (QED) is 0.357. The summed E-state index contributed by atoms with van der Waals surface area (Å²) in [6.45, 7) is 3.06. The van der Waals surface area contributed by atoms with Crippen LogP contribution in [0.1, 0.15) is 23.7 Å². The molecule has 0 spiro atoms. The molecule has 7 heteroatoms. The van der Waals surface area contributed by atoms with E-state index in [2.05, 4.69) is 27.0 Å². The Morgan fingerprint density at radius 3 is 2.53 bits per heavy atom. The molecule has 1 saturated heterocycles. The van der Waals surface area contributed by atoms with Gasteiger partial charge >= 0.3 is 0 Å². The number of carbonyl (C=O) groups is 2. The predicted octanol–water partition coefficient (Wildman–Crippen LogP) is 4.44. The van der Waals surface area contributed by atoms with Gasteiger partial charge in [-0.3, -0.25) is 9.59 Å². The van der Waals surface area contributed by atoms with Crippen molar-refractivity contribution < 1.29 is 14.3 Å². The van der Waals surface area contributed by atoms with Crippen molar-refractivity contribution in [3.63, 3.8) is 0 Å². The Balaban J connectivity index is 1.48. The molecule has 36 heavy (non-hydrogen) atoms. The van der Waals surface area contributed by atoms with Gasteiger partial charge in [-0.25, -0.2) is 0 Å². The third kappa shape index (κ3) is 4.62. The monoisotopic (exact) mass is 478 g/mol. The average Bonchev–Trinajstić information content (AvgIpc) is 3.52. The van der Waals surface area contributed by atoms with Gasteiger partial charge in [-0.15, -0.1) is 0 Å². The van der Waals surface area contributed by atoms with Crippen molar-refractivity contribution in [1.29, 1.82) is 0 Å². The van der Waals surface area contributed by atoms with Gasteiger partial charge in [0, 0.05) is 42.0 Å². The van der Waals surface area contributed by atoms with E-state index >= 15 is 0 Å². The number of anilines is 1. The number of rotatable bonds is 6. The van der Waals surface area contributed by atoms with E-state index in [0.717, 1.165) is 46.7 Å². The van der Waals surface area contributed by atoms with E-state index < -0.39 is 5.91 Å². The van der Waals surface area contributed by atoms with Crippen LogP contribution in [0.2, 0.25) is 0 Å². The number of amides is 2. The summed E-state index contributed by atoms with van der Waals surface area (Å²) in [6.07, 6.45) is 2.71. The number of primary amides is 1. The lowest BCUT2D eigenvalue weighted by Gasteiger charge is -2.21. The number of nitrogens with one attached hydrogen (secondary N) is 2. The fourth-order valence-corrected chi connectivity index (χ4v) is 4.69. The first-order chi connectivity index (χ1) is 17.5. The molecule has 5 rings (SSSR count). The number of aromatic nitrogens is 1. The fraction of sp³-hybridized carbons (Fsp3) is 0.172. The number of carbonyl (C=O) groups excluding carboxylic acids is 2. The molecule has 0 unspecified atom stereocenters. The molecule has 4 N–H and O–H groups in total. The third-order valence-electron chi connectivity index (χ3n) is 6.33. The second-order valence-corrected chi connectivity index (χ2v) is 8.67. The van der Waals surface area contributed by atoms with Crippen LogP contribution in [0.25, 0.3) is 22.0 Å². The van der Waals surface area contributed by atoms with Gasteiger partial charge < -0.3 is 25.7 Å². The summed E-state index contributed by atoms with van der Waals surface area (Å²) in [5.74, 6) is 5.92. The Morgan fingerprint density at radius 2 is 1.81 bits per heavy atom. The maximum absolute atomic E-state index is 12.2. The summed E-state index contributed by atoms with van der Waals surface area (Å²) in [4.78, 5) is 29.6. The molecule has 180 valence electrons. The van der Waals surface area contributed by atoms with Crippen LogP contribution in [0.15, 0.2) is 72.9 Å². The highest BCUT2D eigenvalue weighted by molar-refractivity contribution is 6.13. The number of hydrogen-bond donors (Lipinski definition) is 3. The zero-order valence-corrected chi connectivity index (χ0v) is 19.9. The summed E-state index contributed by atoms with van der Waals surface area (Å²) in [5, 5.41) is 3.89. The highest BCUT2D eigenvalue weighted by atomic mass is 16.5. The molecule has 1 atom stereocenters. The van der Waals surface area contributed by atoms with E-state index in [4.69, 9.17) is 10.5 Å². The first-order valence-corrected chi connectivity index (χ1v) is 11.8. The molecule has 1 aliphatic rings. The first kappa shape index (κ1) is 23.1. The second kappa shape index (κ2) is 9.88. The Hall–Kier alpha value is -4.70. The average molecular weight is 479 g/mol. The predicted molar refractivity (Wildman–Crippen MR) is 141 cm³/mol. The van der Waals surface area contributed by atoms with Crippen molar-refractivity contribution in [2.75, 3.05) is 18.0 Å². The van der Waals surface area contributed by atoms with Crippen LogP contribution in [-0.4, -0.2) is 35.9 Å². The lowest BCUT2D eigenvalue weighted by atomic mass is 10.0. The molecule has 0 aliphatic carbocycles. The van der Waals surface area contributed by atoms with Crippen molar-refractivity contribution in [3.8, 4) is 34.5 Å². The molecule has 7 nitrogen and oxygen atoms in total. The highest BCUT2D eigenvalue weighted by Gasteiger charge is 2.27. The van der Waals surface area contributed by atoms with Crippen LogP contribution < -0.4 is 20.7 Å². The van der Waals surface area contributed by atoms with E-state index in [9.17, 15) is 9.59 Å². The molecular formula is C29H26N4O3. The number of benzene rings is 3. The first-order valence-electron chi connectivity index (χ1n) is 11.8. The van der Waals surface area contributed by atoms with Gasteiger partial charge in [0.1, 0.15) is 11.5 Å². The lowest BCUT2D eigenvalue weighted by molar-refractivity contribution is -0.116. The largest absolute Gasteiger partial charge is 0.457 e. The highest BCUT2D eigenvalue weighted by Crippen LogP contribution is 2.39. The molecular weight excluding hydrogens is 452 g/mol. The van der Waals surface area contributed by atoms with Crippen molar-refractivity contribution in [2.24, 2.45) is 5.73 Å². The normalized spacial score (nSPS) is 14.8. The topological polar surface area (TPSA) is 100 Å². The fourth-order valence-electron chi connectivity index (χ4n) is 4.69. The Morgan fingerprint density at radius 1 is 1.06 bits per heavy atom. The molecule has 0 radical (unpaired) electrons. The van der Waals surface area contributed by atoms with Gasteiger partial charge in [0.2, 0.25) is 0 Å². The lowest BCUT2D eigenvalue weighted by Crippen LogP contribution is -2.36. The molecule has 4 aromatic rings. The number of ether oxygens (including phenoxy) is 1. The number of para-hydroxylation sites is 1. The van der Waals surface area contributed by atoms with Gasteiger partial charge in [0.15, 0.2) is 0 Å². The van der Waals surface area contributed by atoms with Crippen LogP contribution in [0.3, 0.4) is 0 Å². The minimum atomic E-state index is -0.490. The molecule has 3 aromatic carbocycles. The standard InChI is InChI=1S/C29H26N4O3/c1-2-6-26(34)32-20-15-16-33(18-20)25-14-13-23(29(30)35)28-27(25)24(17-31-28)19-9-11-22(12-10-19)36-21-7-4-3-5-8-21/h3-5,7-14,17,20,31H,15-16,18H2,1H3,(H2,30,35)(H,32,34)/t20-/m0/s1. The molecule has 1 aliphatic heterocycles. The number of H-pyrrole nitrogens is 1. The zero-order chi connectivity index (χ0) is 25.1. The van der Waals surface area contributed by atoms with Gasteiger partial charge in [-0.2, -0.15) is 0 Å². The number of aromatic amines is 1. The van der Waals surface area contributed by atoms with Crippen LogP contribution in [0.5, 0.6) is 11.5 Å². The SMILES string of the molecule is CC#CC(=O)N[C@H]1CCN(c2ccc(C(N)=O)c3[nH]cc(-c4ccc(Oc5ccccc5)cc4)c23)C1. The van der Waals surface area contributed by atoms with Crippen LogP contribution in [-0.2, 0) is 4.79 Å².